The quantitative estimate of drug-likeness (QED) is 0.880. The predicted molar refractivity (Wildman–Crippen MR) is 84.7 cm³/mol. The standard InChI is InChI=1S/C15H23N3S/c1-4-11-6-7-14-13(10-11)17-15(18(14)5-2)12(16)8-9-19-3/h6-7,10,12H,4-5,8-9,16H2,1-3H3. The summed E-state index contributed by atoms with van der Waals surface area (Å²) in [5.74, 6) is 2.11. The molecule has 2 rings (SSSR count). The third-order valence-electron chi connectivity index (χ3n) is 3.53. The molecule has 0 spiro atoms. The fourth-order valence-electron chi connectivity index (χ4n) is 2.40. The summed E-state index contributed by atoms with van der Waals surface area (Å²) in [5, 5.41) is 0. The Morgan fingerprint density at radius 1 is 1.37 bits per heavy atom. The molecular formula is C15H23N3S. The highest BCUT2D eigenvalue weighted by Gasteiger charge is 2.16. The summed E-state index contributed by atoms with van der Waals surface area (Å²) in [7, 11) is 0. The van der Waals surface area contributed by atoms with Crippen LogP contribution in [0.4, 0.5) is 0 Å². The lowest BCUT2D eigenvalue weighted by Crippen LogP contribution is -2.17. The number of thioether (sulfide) groups is 1. The summed E-state index contributed by atoms with van der Waals surface area (Å²) in [6, 6.07) is 6.58. The van der Waals surface area contributed by atoms with Crippen molar-refractivity contribution in [3.8, 4) is 0 Å². The first-order valence-electron chi connectivity index (χ1n) is 6.94. The molecule has 0 amide bonds. The Bertz CT molecular complexity index is 548. The number of aryl methyl sites for hydroxylation is 2. The van der Waals surface area contributed by atoms with E-state index in [0.29, 0.717) is 0 Å². The molecule has 0 bridgehead atoms. The fraction of sp³-hybridized carbons (Fsp3) is 0.533. The topological polar surface area (TPSA) is 43.8 Å². The number of hydrogen-bond acceptors (Lipinski definition) is 3. The van der Waals surface area contributed by atoms with Gasteiger partial charge in [0.25, 0.3) is 0 Å². The van der Waals surface area contributed by atoms with E-state index in [1.807, 2.05) is 11.8 Å². The smallest absolute Gasteiger partial charge is 0.126 e. The van der Waals surface area contributed by atoms with E-state index in [9.17, 15) is 0 Å². The van der Waals surface area contributed by atoms with Crippen LogP contribution in [0.1, 0.15) is 37.7 Å². The van der Waals surface area contributed by atoms with Gasteiger partial charge in [-0.15, -0.1) is 0 Å². The van der Waals surface area contributed by atoms with Crippen molar-refractivity contribution in [3.63, 3.8) is 0 Å². The molecule has 0 aliphatic rings. The molecule has 2 N–H and O–H groups in total. The summed E-state index contributed by atoms with van der Waals surface area (Å²) in [4.78, 5) is 4.77. The molecule has 1 atom stereocenters. The van der Waals surface area contributed by atoms with Crippen LogP contribution in [0.3, 0.4) is 0 Å². The van der Waals surface area contributed by atoms with Gasteiger partial charge in [-0.1, -0.05) is 13.0 Å². The molecular weight excluding hydrogens is 254 g/mol. The van der Waals surface area contributed by atoms with Crippen molar-refractivity contribution in [2.24, 2.45) is 5.73 Å². The van der Waals surface area contributed by atoms with Gasteiger partial charge >= 0.3 is 0 Å². The van der Waals surface area contributed by atoms with E-state index in [4.69, 9.17) is 10.7 Å². The van der Waals surface area contributed by atoms with E-state index >= 15 is 0 Å². The minimum atomic E-state index is 0.0323. The minimum Gasteiger partial charge on any atom is -0.327 e. The molecule has 1 aromatic carbocycles. The van der Waals surface area contributed by atoms with Crippen molar-refractivity contribution in [3.05, 3.63) is 29.6 Å². The maximum atomic E-state index is 6.30. The van der Waals surface area contributed by atoms with Crippen molar-refractivity contribution in [2.45, 2.75) is 39.3 Å². The van der Waals surface area contributed by atoms with E-state index in [1.165, 1.54) is 11.1 Å². The SMILES string of the molecule is CCc1ccc2c(c1)nc(C(N)CCSC)n2CC. The molecule has 4 heteroatoms. The second kappa shape index (κ2) is 6.44. The second-order valence-corrected chi connectivity index (χ2v) is 5.76. The summed E-state index contributed by atoms with van der Waals surface area (Å²) in [6.45, 7) is 5.24. The number of aromatic nitrogens is 2. The van der Waals surface area contributed by atoms with Gasteiger partial charge in [-0.2, -0.15) is 11.8 Å². The Hall–Kier alpha value is -1.00. The van der Waals surface area contributed by atoms with Crippen LogP contribution >= 0.6 is 11.8 Å². The first-order chi connectivity index (χ1) is 9.21. The first-order valence-corrected chi connectivity index (χ1v) is 8.34. The van der Waals surface area contributed by atoms with Crippen LogP contribution in [0.25, 0.3) is 11.0 Å². The summed E-state index contributed by atoms with van der Waals surface area (Å²) in [5.41, 5.74) is 9.91. The van der Waals surface area contributed by atoms with E-state index < -0.39 is 0 Å². The van der Waals surface area contributed by atoms with Gasteiger partial charge in [0.1, 0.15) is 5.82 Å². The lowest BCUT2D eigenvalue weighted by Gasteiger charge is -2.12. The summed E-state index contributed by atoms with van der Waals surface area (Å²) in [6.07, 6.45) is 4.14. The number of fused-ring (bicyclic) bond motifs is 1. The molecule has 0 radical (unpaired) electrons. The molecule has 0 aliphatic carbocycles. The van der Waals surface area contributed by atoms with Gasteiger partial charge in [-0.25, -0.2) is 4.98 Å². The molecule has 19 heavy (non-hydrogen) atoms. The molecule has 0 fully saturated rings. The fourth-order valence-corrected chi connectivity index (χ4v) is 2.89. The maximum absolute atomic E-state index is 6.30. The van der Waals surface area contributed by atoms with Crippen molar-refractivity contribution >= 4 is 22.8 Å². The van der Waals surface area contributed by atoms with E-state index in [-0.39, 0.29) is 6.04 Å². The van der Waals surface area contributed by atoms with Gasteiger partial charge in [0, 0.05) is 6.54 Å². The predicted octanol–water partition coefficient (Wildman–Crippen LogP) is 3.37. The van der Waals surface area contributed by atoms with Crippen molar-refractivity contribution in [1.82, 2.24) is 9.55 Å². The molecule has 0 aliphatic heterocycles. The number of nitrogens with zero attached hydrogens (tertiary/aromatic N) is 2. The summed E-state index contributed by atoms with van der Waals surface area (Å²) >= 11 is 1.83. The van der Waals surface area contributed by atoms with Gasteiger partial charge in [-0.3, -0.25) is 0 Å². The number of imidazole rings is 1. The van der Waals surface area contributed by atoms with Crippen molar-refractivity contribution < 1.29 is 0 Å². The van der Waals surface area contributed by atoms with Gasteiger partial charge in [-0.05, 0) is 49.5 Å². The number of benzene rings is 1. The molecule has 1 heterocycles. The Balaban J connectivity index is 2.42. The molecule has 3 nitrogen and oxygen atoms in total. The number of hydrogen-bond donors (Lipinski definition) is 1. The summed E-state index contributed by atoms with van der Waals surface area (Å²) < 4.78 is 2.25. The molecule has 2 aromatic rings. The van der Waals surface area contributed by atoms with Crippen LogP contribution in [0.15, 0.2) is 18.2 Å². The zero-order valence-corrected chi connectivity index (χ0v) is 12.8. The van der Waals surface area contributed by atoms with Gasteiger partial charge in [0.15, 0.2) is 0 Å². The van der Waals surface area contributed by atoms with Crippen LogP contribution in [-0.4, -0.2) is 21.6 Å². The normalized spacial score (nSPS) is 13.1. The zero-order chi connectivity index (χ0) is 13.8. The molecule has 0 saturated carbocycles. The van der Waals surface area contributed by atoms with Crippen molar-refractivity contribution in [1.29, 1.82) is 0 Å². The highest BCUT2D eigenvalue weighted by molar-refractivity contribution is 7.98. The van der Waals surface area contributed by atoms with Crippen LogP contribution in [0, 0.1) is 0 Å². The molecule has 0 saturated heterocycles. The number of nitrogens with two attached hydrogens (primary N) is 1. The first kappa shape index (κ1) is 14.4. The monoisotopic (exact) mass is 277 g/mol. The maximum Gasteiger partial charge on any atom is 0.126 e. The second-order valence-electron chi connectivity index (χ2n) is 4.78. The molecule has 1 unspecified atom stereocenters. The minimum absolute atomic E-state index is 0.0323. The molecule has 1 aromatic heterocycles. The number of rotatable bonds is 6. The van der Waals surface area contributed by atoms with E-state index in [1.54, 1.807) is 0 Å². The van der Waals surface area contributed by atoms with Crippen LogP contribution < -0.4 is 5.73 Å². The third-order valence-corrected chi connectivity index (χ3v) is 4.18. The van der Waals surface area contributed by atoms with E-state index in [0.717, 1.165) is 36.5 Å². The lowest BCUT2D eigenvalue weighted by atomic mass is 10.1. The average Bonchev–Trinajstić information content (AvgIpc) is 2.81. The van der Waals surface area contributed by atoms with Crippen LogP contribution in [0.2, 0.25) is 0 Å². The largest absolute Gasteiger partial charge is 0.327 e. The van der Waals surface area contributed by atoms with Gasteiger partial charge < -0.3 is 10.3 Å². The van der Waals surface area contributed by atoms with Crippen molar-refractivity contribution in [2.75, 3.05) is 12.0 Å². The Morgan fingerprint density at radius 3 is 2.79 bits per heavy atom. The zero-order valence-electron chi connectivity index (χ0n) is 12.0. The lowest BCUT2D eigenvalue weighted by molar-refractivity contribution is 0.601. The Kier molecular flexibility index (Phi) is 4.88. The average molecular weight is 277 g/mol. The van der Waals surface area contributed by atoms with Gasteiger partial charge in [0.2, 0.25) is 0 Å². The van der Waals surface area contributed by atoms with Gasteiger partial charge in [0.05, 0.1) is 17.1 Å². The van der Waals surface area contributed by atoms with Crippen LogP contribution in [0.5, 0.6) is 0 Å². The highest BCUT2D eigenvalue weighted by atomic mass is 32.2. The van der Waals surface area contributed by atoms with E-state index in [2.05, 4.69) is 42.9 Å². The Labute approximate surface area is 119 Å². The Morgan fingerprint density at radius 2 is 2.16 bits per heavy atom. The highest BCUT2D eigenvalue weighted by Crippen LogP contribution is 2.23. The molecule has 104 valence electrons. The third kappa shape index (κ3) is 2.95. The van der Waals surface area contributed by atoms with Crippen LogP contribution in [-0.2, 0) is 13.0 Å².